The Hall–Kier alpha value is -0.610. The van der Waals surface area contributed by atoms with E-state index in [1.807, 2.05) is 6.92 Å². The molecule has 4 heteroatoms. The lowest BCUT2D eigenvalue weighted by Gasteiger charge is -2.30. The van der Waals surface area contributed by atoms with Gasteiger partial charge >= 0.3 is 5.97 Å². The molecule has 0 radical (unpaired) electrons. The van der Waals surface area contributed by atoms with Gasteiger partial charge in [-0.15, -0.1) is 0 Å². The summed E-state index contributed by atoms with van der Waals surface area (Å²) < 4.78 is 4.83. The number of rotatable bonds is 8. The average molecular weight is 258 g/mol. The topological polar surface area (TPSA) is 41.6 Å². The van der Waals surface area contributed by atoms with Gasteiger partial charge in [0.2, 0.25) is 0 Å². The molecule has 0 amide bonds. The Morgan fingerprint density at radius 3 is 2.33 bits per heavy atom. The predicted octanol–water partition coefficient (Wildman–Crippen LogP) is 1.89. The van der Waals surface area contributed by atoms with Crippen LogP contribution in [0.5, 0.6) is 0 Å². The maximum Gasteiger partial charge on any atom is 0.325 e. The van der Waals surface area contributed by atoms with Crippen LogP contribution < -0.4 is 5.32 Å². The molecule has 0 aliphatic heterocycles. The zero-order valence-electron chi connectivity index (χ0n) is 13.0. The number of ether oxygens (including phenoxy) is 1. The van der Waals surface area contributed by atoms with E-state index < -0.39 is 5.54 Å². The van der Waals surface area contributed by atoms with Gasteiger partial charge in [0.05, 0.1) is 7.11 Å². The molecule has 0 bridgehead atoms. The number of methoxy groups -OCH3 is 1. The number of nitrogens with zero attached hydrogens (tertiary/aromatic N) is 1. The average Bonchev–Trinajstić information content (AvgIpc) is 2.35. The summed E-state index contributed by atoms with van der Waals surface area (Å²) in [6, 6.07) is 0.559. The second-order valence-corrected chi connectivity index (χ2v) is 5.64. The Balaban J connectivity index is 4.20. The molecule has 2 atom stereocenters. The molecule has 0 saturated carbocycles. The predicted molar refractivity (Wildman–Crippen MR) is 75.6 cm³/mol. The van der Waals surface area contributed by atoms with Gasteiger partial charge in [-0.05, 0) is 53.2 Å². The molecule has 0 aliphatic carbocycles. The van der Waals surface area contributed by atoms with Crippen LogP contribution in [-0.2, 0) is 9.53 Å². The fourth-order valence-corrected chi connectivity index (χ4v) is 1.95. The molecule has 0 saturated heterocycles. The molecule has 0 aromatic heterocycles. The van der Waals surface area contributed by atoms with E-state index in [1.165, 1.54) is 7.11 Å². The largest absolute Gasteiger partial charge is 0.468 e. The summed E-state index contributed by atoms with van der Waals surface area (Å²) in [5.74, 6) is 0.454. The van der Waals surface area contributed by atoms with Crippen LogP contribution in [-0.4, -0.2) is 50.2 Å². The third-order valence-electron chi connectivity index (χ3n) is 4.04. The Labute approximate surface area is 112 Å². The lowest BCUT2D eigenvalue weighted by atomic mass is 9.95. The van der Waals surface area contributed by atoms with E-state index in [0.29, 0.717) is 12.0 Å². The summed E-state index contributed by atoms with van der Waals surface area (Å²) in [4.78, 5) is 14.0. The Morgan fingerprint density at radius 1 is 1.39 bits per heavy atom. The molecule has 0 aromatic carbocycles. The van der Waals surface area contributed by atoms with Crippen molar-refractivity contribution >= 4 is 5.97 Å². The maximum absolute atomic E-state index is 11.7. The van der Waals surface area contributed by atoms with Crippen molar-refractivity contribution in [3.05, 3.63) is 0 Å². The van der Waals surface area contributed by atoms with Gasteiger partial charge in [0.15, 0.2) is 0 Å². The van der Waals surface area contributed by atoms with Gasteiger partial charge in [-0.2, -0.15) is 0 Å². The van der Waals surface area contributed by atoms with Crippen molar-refractivity contribution in [3.63, 3.8) is 0 Å². The summed E-state index contributed by atoms with van der Waals surface area (Å²) in [7, 11) is 5.38. The number of esters is 1. The number of carbonyl (C=O) groups excluding carboxylic acids is 1. The van der Waals surface area contributed by atoms with Gasteiger partial charge in [-0.3, -0.25) is 4.79 Å². The number of hydrogen-bond donors (Lipinski definition) is 1. The van der Waals surface area contributed by atoms with Crippen molar-refractivity contribution in [2.45, 2.75) is 52.1 Å². The summed E-state index contributed by atoms with van der Waals surface area (Å²) in [5, 5.41) is 3.06. The van der Waals surface area contributed by atoms with Gasteiger partial charge in [0, 0.05) is 6.04 Å². The lowest BCUT2D eigenvalue weighted by Crippen LogP contribution is -2.48. The third kappa shape index (κ3) is 4.94. The van der Waals surface area contributed by atoms with Gasteiger partial charge in [-0.25, -0.2) is 0 Å². The summed E-state index contributed by atoms with van der Waals surface area (Å²) in [6.07, 6.45) is 1.76. The minimum absolute atomic E-state index is 0.190. The number of likely N-dealkylation sites (N-methyl/N-ethyl adjacent to an activating group) is 1. The standard InChI is InChI=1S/C14H30N2O2/c1-11(2)12(3)16(6)10-8-9-14(4,15-5)13(17)18-7/h11-12,15H,8-10H2,1-7H3. The van der Waals surface area contributed by atoms with Crippen LogP contribution in [0.15, 0.2) is 0 Å². The van der Waals surface area contributed by atoms with E-state index in [-0.39, 0.29) is 5.97 Å². The fourth-order valence-electron chi connectivity index (χ4n) is 1.95. The van der Waals surface area contributed by atoms with Crippen LogP contribution in [0.3, 0.4) is 0 Å². The minimum atomic E-state index is -0.573. The zero-order valence-corrected chi connectivity index (χ0v) is 13.0. The van der Waals surface area contributed by atoms with Crippen LogP contribution in [0, 0.1) is 5.92 Å². The van der Waals surface area contributed by atoms with E-state index >= 15 is 0 Å². The van der Waals surface area contributed by atoms with E-state index in [4.69, 9.17) is 4.74 Å². The highest BCUT2D eigenvalue weighted by atomic mass is 16.5. The molecule has 0 aliphatic rings. The molecule has 0 heterocycles. The van der Waals surface area contributed by atoms with Crippen LogP contribution in [0.2, 0.25) is 0 Å². The molecule has 1 N–H and O–H groups in total. The summed E-state index contributed by atoms with van der Waals surface area (Å²) >= 11 is 0. The maximum atomic E-state index is 11.7. The molecule has 2 unspecified atom stereocenters. The molecule has 0 aromatic rings. The quantitative estimate of drug-likeness (QED) is 0.675. The van der Waals surface area contributed by atoms with E-state index in [2.05, 4.69) is 38.0 Å². The lowest BCUT2D eigenvalue weighted by molar-refractivity contribution is -0.148. The van der Waals surface area contributed by atoms with E-state index in [9.17, 15) is 4.79 Å². The molecule has 0 rings (SSSR count). The van der Waals surface area contributed by atoms with E-state index in [0.717, 1.165) is 19.4 Å². The van der Waals surface area contributed by atoms with Crippen molar-refractivity contribution in [2.75, 3.05) is 27.7 Å². The van der Waals surface area contributed by atoms with Crippen LogP contribution >= 0.6 is 0 Å². The van der Waals surface area contributed by atoms with E-state index in [1.54, 1.807) is 7.05 Å². The fraction of sp³-hybridized carbons (Fsp3) is 0.929. The number of carbonyl (C=O) groups is 1. The summed E-state index contributed by atoms with van der Waals surface area (Å²) in [5.41, 5.74) is -0.573. The third-order valence-corrected chi connectivity index (χ3v) is 4.04. The number of hydrogen-bond acceptors (Lipinski definition) is 4. The molecular weight excluding hydrogens is 228 g/mol. The monoisotopic (exact) mass is 258 g/mol. The molecule has 0 fully saturated rings. The first-order valence-corrected chi connectivity index (χ1v) is 6.76. The smallest absolute Gasteiger partial charge is 0.325 e. The minimum Gasteiger partial charge on any atom is -0.468 e. The van der Waals surface area contributed by atoms with Gasteiger partial charge in [0.1, 0.15) is 5.54 Å². The van der Waals surface area contributed by atoms with Crippen molar-refractivity contribution in [1.82, 2.24) is 10.2 Å². The van der Waals surface area contributed by atoms with Crippen LogP contribution in [0.1, 0.15) is 40.5 Å². The molecule has 4 nitrogen and oxygen atoms in total. The van der Waals surface area contributed by atoms with Crippen molar-refractivity contribution in [1.29, 1.82) is 0 Å². The highest BCUT2D eigenvalue weighted by Crippen LogP contribution is 2.15. The Kier molecular flexibility index (Phi) is 7.48. The van der Waals surface area contributed by atoms with Gasteiger partial charge in [0.25, 0.3) is 0 Å². The first-order valence-electron chi connectivity index (χ1n) is 6.76. The first kappa shape index (κ1) is 17.4. The second-order valence-electron chi connectivity index (χ2n) is 5.64. The molecule has 0 spiro atoms. The van der Waals surface area contributed by atoms with Crippen molar-refractivity contribution in [2.24, 2.45) is 5.92 Å². The molecule has 108 valence electrons. The number of nitrogens with one attached hydrogen (secondary N) is 1. The highest BCUT2D eigenvalue weighted by molar-refractivity contribution is 5.80. The molecule has 18 heavy (non-hydrogen) atoms. The normalized spacial score (nSPS) is 16.7. The summed E-state index contributed by atoms with van der Waals surface area (Å²) in [6.45, 7) is 9.58. The second kappa shape index (κ2) is 7.74. The van der Waals surface area contributed by atoms with Gasteiger partial charge in [-0.1, -0.05) is 13.8 Å². The SMILES string of the molecule is CNC(C)(CCCN(C)C(C)C(C)C)C(=O)OC. The highest BCUT2D eigenvalue weighted by Gasteiger charge is 2.31. The van der Waals surface area contributed by atoms with Crippen molar-refractivity contribution < 1.29 is 9.53 Å². The first-order chi connectivity index (χ1) is 8.28. The van der Waals surface area contributed by atoms with Crippen LogP contribution in [0.25, 0.3) is 0 Å². The Bertz CT molecular complexity index is 256. The zero-order chi connectivity index (χ0) is 14.3. The van der Waals surface area contributed by atoms with Crippen LogP contribution in [0.4, 0.5) is 0 Å². The Morgan fingerprint density at radius 2 is 1.94 bits per heavy atom. The molecular formula is C14H30N2O2. The van der Waals surface area contributed by atoms with Gasteiger partial charge < -0.3 is 15.0 Å². The van der Waals surface area contributed by atoms with Crippen molar-refractivity contribution in [3.8, 4) is 0 Å².